The summed E-state index contributed by atoms with van der Waals surface area (Å²) < 4.78 is 28.3. The minimum absolute atomic E-state index is 0.0292. The molecular weight excluding hydrogens is 470 g/mol. The highest BCUT2D eigenvalue weighted by molar-refractivity contribution is 7.89. The minimum Gasteiger partial charge on any atom is -0.341 e. The van der Waals surface area contributed by atoms with Crippen LogP contribution in [0, 0.1) is 0 Å². The lowest BCUT2D eigenvalue weighted by atomic mass is 9.86. The van der Waals surface area contributed by atoms with Crippen molar-refractivity contribution in [1.29, 1.82) is 0 Å². The van der Waals surface area contributed by atoms with Gasteiger partial charge in [-0.05, 0) is 80.1 Å². The molecule has 6 nitrogen and oxygen atoms in total. The number of para-hydroxylation sites is 2. The van der Waals surface area contributed by atoms with Crippen LogP contribution in [0.4, 0.5) is 17.1 Å². The highest BCUT2D eigenvalue weighted by Gasteiger charge is 2.43. The zero-order valence-corrected chi connectivity index (χ0v) is 22.2. The molecule has 0 saturated carbocycles. The topological polar surface area (TPSA) is 60.9 Å². The molecule has 0 aliphatic carbocycles. The Morgan fingerprint density at radius 2 is 1.47 bits per heavy atom. The average Bonchev–Trinajstić information content (AvgIpc) is 2.99. The van der Waals surface area contributed by atoms with Crippen LogP contribution in [-0.2, 0) is 33.1 Å². The maximum Gasteiger partial charge on any atom is 0.242 e. The molecular formula is C29H33N3O3S. The van der Waals surface area contributed by atoms with Crippen molar-refractivity contribution in [2.24, 2.45) is 0 Å². The number of carbonyl (C=O) groups is 1. The number of hydrogen-bond acceptors (Lipinski definition) is 4. The van der Waals surface area contributed by atoms with Crippen molar-refractivity contribution in [3.8, 4) is 0 Å². The molecule has 2 heterocycles. The van der Waals surface area contributed by atoms with E-state index in [9.17, 15) is 13.2 Å². The van der Waals surface area contributed by atoms with Gasteiger partial charge in [-0.3, -0.25) is 4.79 Å². The van der Waals surface area contributed by atoms with E-state index in [0.29, 0.717) is 19.5 Å². The monoisotopic (exact) mass is 503 g/mol. The fraction of sp³-hybridized carbons (Fsp3) is 0.345. The van der Waals surface area contributed by atoms with Gasteiger partial charge >= 0.3 is 0 Å². The molecule has 1 amide bonds. The molecule has 7 heteroatoms. The van der Waals surface area contributed by atoms with Gasteiger partial charge in [0.25, 0.3) is 0 Å². The number of sulfonamides is 1. The first-order valence-corrected chi connectivity index (χ1v) is 13.9. The predicted molar refractivity (Wildman–Crippen MR) is 145 cm³/mol. The summed E-state index contributed by atoms with van der Waals surface area (Å²) in [6, 6.07) is 22.0. The molecule has 0 unspecified atom stereocenters. The number of benzene rings is 3. The van der Waals surface area contributed by atoms with E-state index < -0.39 is 15.4 Å². The third kappa shape index (κ3) is 4.00. The Hall–Kier alpha value is -3.16. The van der Waals surface area contributed by atoms with Crippen LogP contribution in [0.1, 0.15) is 37.0 Å². The van der Waals surface area contributed by atoms with E-state index >= 15 is 0 Å². The summed E-state index contributed by atoms with van der Waals surface area (Å²) in [7, 11) is -0.326. The first kappa shape index (κ1) is 24.5. The smallest absolute Gasteiger partial charge is 0.242 e. The van der Waals surface area contributed by atoms with Crippen molar-refractivity contribution in [3.63, 3.8) is 0 Å². The summed E-state index contributed by atoms with van der Waals surface area (Å²) in [6.07, 6.45) is 2.66. The van der Waals surface area contributed by atoms with Crippen molar-refractivity contribution >= 4 is 33.0 Å². The Balaban J connectivity index is 1.35. The second-order valence-electron chi connectivity index (χ2n) is 10.3. The summed E-state index contributed by atoms with van der Waals surface area (Å²) in [5, 5.41) is 0. The van der Waals surface area contributed by atoms with Gasteiger partial charge in [-0.2, -0.15) is 0 Å². The van der Waals surface area contributed by atoms with Crippen LogP contribution in [-0.4, -0.2) is 45.8 Å². The van der Waals surface area contributed by atoms with E-state index in [2.05, 4.69) is 53.4 Å². The van der Waals surface area contributed by atoms with Gasteiger partial charge in [0.15, 0.2) is 0 Å². The quantitative estimate of drug-likeness (QED) is 0.481. The van der Waals surface area contributed by atoms with Crippen LogP contribution in [0.5, 0.6) is 0 Å². The average molecular weight is 504 g/mol. The number of hydrogen-bond donors (Lipinski definition) is 0. The number of rotatable bonds is 6. The van der Waals surface area contributed by atoms with Gasteiger partial charge in [0.1, 0.15) is 0 Å². The van der Waals surface area contributed by atoms with Gasteiger partial charge in [0.2, 0.25) is 15.9 Å². The molecule has 0 saturated heterocycles. The molecule has 36 heavy (non-hydrogen) atoms. The predicted octanol–water partition coefficient (Wildman–Crippen LogP) is 4.89. The SMILES string of the molecule is CN1C(=O)C(C)(C)c2cc(S(=O)(=O)N(C)CCCN3c4ccccc4CCc4ccccc43)ccc21. The molecule has 2 aliphatic rings. The Bertz CT molecular complexity index is 1380. The number of likely N-dealkylation sites (N-methyl/N-ethyl adjacent to an activating group) is 1. The van der Waals surface area contributed by atoms with E-state index in [1.165, 1.54) is 26.8 Å². The summed E-state index contributed by atoms with van der Waals surface area (Å²) in [5.74, 6) is -0.0292. The van der Waals surface area contributed by atoms with Crippen molar-refractivity contribution in [3.05, 3.63) is 83.4 Å². The fourth-order valence-electron chi connectivity index (χ4n) is 5.48. The highest BCUT2D eigenvalue weighted by Crippen LogP contribution is 2.42. The van der Waals surface area contributed by atoms with Gasteiger partial charge in [0.05, 0.1) is 10.3 Å². The Kier molecular flexibility index (Phi) is 6.17. The number of carbonyl (C=O) groups excluding carboxylic acids is 1. The second-order valence-corrected chi connectivity index (χ2v) is 12.3. The number of aryl methyl sites for hydroxylation is 2. The van der Waals surface area contributed by atoms with Gasteiger partial charge in [-0.15, -0.1) is 0 Å². The van der Waals surface area contributed by atoms with Crippen molar-refractivity contribution < 1.29 is 13.2 Å². The molecule has 0 spiro atoms. The lowest BCUT2D eigenvalue weighted by Gasteiger charge is -2.28. The first-order valence-electron chi connectivity index (χ1n) is 12.4. The molecule has 188 valence electrons. The normalized spacial score (nSPS) is 16.5. The minimum atomic E-state index is -3.69. The largest absolute Gasteiger partial charge is 0.341 e. The van der Waals surface area contributed by atoms with E-state index in [-0.39, 0.29) is 10.8 Å². The second kappa shape index (κ2) is 9.05. The van der Waals surface area contributed by atoms with E-state index in [0.717, 1.165) is 24.1 Å². The molecule has 5 rings (SSSR count). The summed E-state index contributed by atoms with van der Waals surface area (Å²) in [6.45, 7) is 4.79. The third-order valence-corrected chi connectivity index (χ3v) is 9.49. The van der Waals surface area contributed by atoms with E-state index in [1.807, 2.05) is 13.8 Å². The van der Waals surface area contributed by atoms with Crippen molar-refractivity contribution in [2.45, 2.75) is 43.4 Å². The van der Waals surface area contributed by atoms with Crippen LogP contribution < -0.4 is 9.80 Å². The van der Waals surface area contributed by atoms with Crippen molar-refractivity contribution in [1.82, 2.24) is 4.31 Å². The molecule has 0 N–H and O–H groups in total. The Morgan fingerprint density at radius 1 is 0.889 bits per heavy atom. The maximum atomic E-state index is 13.5. The molecule has 0 aromatic heterocycles. The first-order chi connectivity index (χ1) is 17.1. The molecule has 0 atom stereocenters. The van der Waals surface area contributed by atoms with E-state index in [4.69, 9.17) is 0 Å². The molecule has 0 bridgehead atoms. The zero-order valence-electron chi connectivity index (χ0n) is 21.4. The summed E-state index contributed by atoms with van der Waals surface area (Å²) in [4.78, 5) is 16.8. The fourth-order valence-corrected chi connectivity index (χ4v) is 6.71. The Morgan fingerprint density at radius 3 is 2.08 bits per heavy atom. The van der Waals surface area contributed by atoms with Crippen molar-refractivity contribution in [2.75, 3.05) is 37.0 Å². The van der Waals surface area contributed by atoms with Crippen LogP contribution in [0.15, 0.2) is 71.6 Å². The van der Waals surface area contributed by atoms with Gasteiger partial charge in [-0.1, -0.05) is 36.4 Å². The number of fused-ring (bicyclic) bond motifs is 3. The summed E-state index contributed by atoms with van der Waals surface area (Å²) >= 11 is 0. The molecule has 3 aromatic carbocycles. The van der Waals surface area contributed by atoms with Crippen LogP contribution >= 0.6 is 0 Å². The number of anilines is 3. The Labute approximate surface area is 214 Å². The van der Waals surface area contributed by atoms with Crippen LogP contribution in [0.25, 0.3) is 0 Å². The molecule has 0 fully saturated rings. The standard InChI is InChI=1S/C29H33N3O3S/c1-29(2)24-20-23(16-17-27(24)31(4)28(29)33)36(34,35)30(3)18-9-19-32-25-12-7-5-10-21(25)14-15-22-11-6-8-13-26(22)32/h5-8,10-13,16-17,20H,9,14-15,18-19H2,1-4H3. The zero-order chi connectivity index (χ0) is 25.7. The van der Waals surface area contributed by atoms with E-state index in [1.54, 1.807) is 37.2 Å². The number of amides is 1. The highest BCUT2D eigenvalue weighted by atomic mass is 32.2. The van der Waals surface area contributed by atoms with Gasteiger partial charge < -0.3 is 9.80 Å². The lowest BCUT2D eigenvalue weighted by Crippen LogP contribution is -2.33. The van der Waals surface area contributed by atoms with Gasteiger partial charge in [-0.25, -0.2) is 12.7 Å². The van der Waals surface area contributed by atoms with Crippen LogP contribution in [0.2, 0.25) is 0 Å². The third-order valence-electron chi connectivity index (χ3n) is 7.63. The van der Waals surface area contributed by atoms with Gasteiger partial charge in [0, 0.05) is 44.2 Å². The van der Waals surface area contributed by atoms with Crippen LogP contribution in [0.3, 0.4) is 0 Å². The molecule has 3 aromatic rings. The lowest BCUT2D eigenvalue weighted by molar-refractivity contribution is -0.121. The molecule has 2 aliphatic heterocycles. The maximum absolute atomic E-state index is 13.5. The number of nitrogens with zero attached hydrogens (tertiary/aromatic N) is 3. The summed E-state index contributed by atoms with van der Waals surface area (Å²) in [5.41, 5.74) is 5.80. The molecule has 0 radical (unpaired) electrons.